The predicted molar refractivity (Wildman–Crippen MR) is 89.4 cm³/mol. The summed E-state index contributed by atoms with van der Waals surface area (Å²) < 4.78 is 98.6. The number of carbonyl (C=O) groups is 1. The molecule has 0 saturated heterocycles. The molecule has 0 atom stereocenters. The van der Waals surface area contributed by atoms with Crippen LogP contribution in [0, 0.1) is 0 Å². The van der Waals surface area contributed by atoms with Crippen molar-refractivity contribution in [1.82, 2.24) is 0 Å². The van der Waals surface area contributed by atoms with Crippen molar-refractivity contribution in [3.63, 3.8) is 0 Å². The van der Waals surface area contributed by atoms with Gasteiger partial charge in [0.15, 0.2) is 0 Å². The number of rotatable bonds is 4. The molecule has 0 fully saturated rings. The minimum absolute atomic E-state index is 0.0811. The summed E-state index contributed by atoms with van der Waals surface area (Å²) in [6, 6.07) is 6.34. The lowest BCUT2D eigenvalue weighted by Gasteiger charge is -2.13. The van der Waals surface area contributed by atoms with Crippen molar-refractivity contribution in [2.45, 2.75) is 11.7 Å². The van der Waals surface area contributed by atoms with Crippen LogP contribution in [0.2, 0.25) is 5.02 Å². The Hall–Kier alpha value is -2.47. The molecule has 1 amide bonds. The molecular weight excluding hydrogens is 438 g/mol. The highest BCUT2D eigenvalue weighted by Gasteiger charge is 2.46. The van der Waals surface area contributed by atoms with Crippen LogP contribution in [0.5, 0.6) is 0 Å². The first-order valence-electron chi connectivity index (χ1n) is 7.08. The lowest BCUT2D eigenvalue weighted by atomic mass is 10.1. The Morgan fingerprint density at radius 3 is 2.14 bits per heavy atom. The fourth-order valence-electron chi connectivity index (χ4n) is 1.92. The van der Waals surface area contributed by atoms with Crippen LogP contribution in [0.15, 0.2) is 42.5 Å². The molecule has 0 aromatic heterocycles. The minimum atomic E-state index is -5.70. The van der Waals surface area contributed by atoms with Gasteiger partial charge in [-0.25, -0.2) is 0 Å². The SMILES string of the molecule is O=C(Nc1ccc(NS(=O)(=O)C(F)(F)F)c(Cl)c1)c1cccc(C(F)(F)F)c1. The molecule has 0 bridgehead atoms. The number of anilines is 2. The van der Waals surface area contributed by atoms with Crippen molar-refractivity contribution in [3.05, 3.63) is 58.6 Å². The summed E-state index contributed by atoms with van der Waals surface area (Å²) in [5.41, 5.74) is -7.62. The van der Waals surface area contributed by atoms with Crippen LogP contribution in [0.25, 0.3) is 0 Å². The lowest BCUT2D eigenvalue weighted by molar-refractivity contribution is -0.137. The van der Waals surface area contributed by atoms with E-state index in [9.17, 15) is 39.6 Å². The van der Waals surface area contributed by atoms with E-state index in [1.54, 1.807) is 0 Å². The maximum absolute atomic E-state index is 12.7. The average Bonchev–Trinajstić information content (AvgIpc) is 2.55. The molecule has 152 valence electrons. The normalized spacial score (nSPS) is 12.5. The molecule has 2 aromatic rings. The maximum atomic E-state index is 12.7. The molecular formula is C15H9ClF6N2O3S. The van der Waals surface area contributed by atoms with Gasteiger partial charge in [0.25, 0.3) is 5.91 Å². The Kier molecular flexibility index (Phi) is 5.85. The fraction of sp³-hybridized carbons (Fsp3) is 0.133. The third-order valence-corrected chi connectivity index (χ3v) is 4.64. The topological polar surface area (TPSA) is 75.3 Å². The van der Waals surface area contributed by atoms with E-state index in [0.29, 0.717) is 6.07 Å². The average molecular weight is 447 g/mol. The third kappa shape index (κ3) is 5.07. The number of hydrogen-bond acceptors (Lipinski definition) is 3. The van der Waals surface area contributed by atoms with Crippen LogP contribution in [0.3, 0.4) is 0 Å². The number of benzene rings is 2. The van der Waals surface area contributed by atoms with Crippen LogP contribution in [-0.4, -0.2) is 19.8 Å². The Morgan fingerprint density at radius 1 is 0.964 bits per heavy atom. The van der Waals surface area contributed by atoms with Gasteiger partial charge < -0.3 is 5.32 Å². The first kappa shape index (κ1) is 21.8. The van der Waals surface area contributed by atoms with Crippen molar-refractivity contribution < 1.29 is 39.6 Å². The van der Waals surface area contributed by atoms with Crippen molar-refractivity contribution in [2.24, 2.45) is 0 Å². The number of nitrogens with one attached hydrogen (secondary N) is 2. The van der Waals surface area contributed by atoms with Gasteiger partial charge in [-0.15, -0.1) is 0 Å². The second-order valence-corrected chi connectivity index (χ2v) is 7.36. The van der Waals surface area contributed by atoms with Crippen molar-refractivity contribution in [3.8, 4) is 0 Å². The molecule has 0 aliphatic heterocycles. The van der Waals surface area contributed by atoms with E-state index in [4.69, 9.17) is 11.6 Å². The number of hydrogen-bond donors (Lipinski definition) is 2. The molecule has 0 aliphatic carbocycles. The minimum Gasteiger partial charge on any atom is -0.322 e. The largest absolute Gasteiger partial charge is 0.516 e. The van der Waals surface area contributed by atoms with E-state index in [0.717, 1.165) is 36.4 Å². The van der Waals surface area contributed by atoms with Gasteiger partial charge in [0.1, 0.15) is 0 Å². The highest BCUT2D eigenvalue weighted by atomic mass is 35.5. The Balaban J connectivity index is 2.20. The summed E-state index contributed by atoms with van der Waals surface area (Å²) in [4.78, 5) is 12.1. The summed E-state index contributed by atoms with van der Waals surface area (Å²) in [5, 5.41) is 1.73. The zero-order chi connectivity index (χ0) is 21.3. The molecule has 0 aliphatic rings. The summed E-state index contributed by atoms with van der Waals surface area (Å²) in [5.74, 6) is -0.939. The molecule has 2 N–H and O–H groups in total. The van der Waals surface area contributed by atoms with Gasteiger partial charge in [0.05, 0.1) is 16.3 Å². The van der Waals surface area contributed by atoms with Gasteiger partial charge in [-0.3, -0.25) is 9.52 Å². The molecule has 28 heavy (non-hydrogen) atoms. The predicted octanol–water partition coefficient (Wildman–Crippen LogP) is 4.87. The van der Waals surface area contributed by atoms with Gasteiger partial charge in [0.2, 0.25) is 0 Å². The van der Waals surface area contributed by atoms with E-state index < -0.39 is 43.9 Å². The van der Waals surface area contributed by atoms with E-state index in [-0.39, 0.29) is 11.3 Å². The summed E-state index contributed by atoms with van der Waals surface area (Å²) in [6.45, 7) is 0. The second kappa shape index (κ2) is 7.51. The van der Waals surface area contributed by atoms with Gasteiger partial charge in [-0.2, -0.15) is 34.8 Å². The number of halogens is 7. The molecule has 0 radical (unpaired) electrons. The lowest BCUT2D eigenvalue weighted by Crippen LogP contribution is -2.30. The van der Waals surface area contributed by atoms with Gasteiger partial charge in [-0.05, 0) is 36.4 Å². The monoisotopic (exact) mass is 446 g/mol. The molecule has 0 heterocycles. The Labute approximate surface area is 159 Å². The molecule has 13 heteroatoms. The van der Waals surface area contributed by atoms with Crippen molar-refractivity contribution >= 4 is 38.9 Å². The van der Waals surface area contributed by atoms with Crippen LogP contribution in [-0.2, 0) is 16.2 Å². The standard InChI is InChI=1S/C15H9ClF6N2O3S/c16-11-7-10(4-5-12(11)24-28(26,27)15(20,21)22)23-13(25)8-2-1-3-9(6-8)14(17,18)19/h1-7,24H,(H,23,25). The second-order valence-electron chi connectivity index (χ2n) is 5.28. The van der Waals surface area contributed by atoms with Crippen molar-refractivity contribution in [1.29, 1.82) is 0 Å². The molecule has 0 saturated carbocycles. The van der Waals surface area contributed by atoms with E-state index >= 15 is 0 Å². The van der Waals surface area contributed by atoms with Crippen LogP contribution in [0.4, 0.5) is 37.7 Å². The molecule has 2 aromatic carbocycles. The molecule has 0 spiro atoms. The summed E-state index contributed by atoms with van der Waals surface area (Å²) in [7, 11) is -5.70. The summed E-state index contributed by atoms with van der Waals surface area (Å²) >= 11 is 5.71. The molecule has 5 nitrogen and oxygen atoms in total. The maximum Gasteiger partial charge on any atom is 0.516 e. The quantitative estimate of drug-likeness (QED) is 0.658. The van der Waals surface area contributed by atoms with Crippen LogP contribution < -0.4 is 10.0 Å². The first-order valence-corrected chi connectivity index (χ1v) is 8.94. The molecule has 2 rings (SSSR count). The number of sulfonamides is 1. The molecule has 0 unspecified atom stereocenters. The third-order valence-electron chi connectivity index (χ3n) is 3.23. The Bertz CT molecular complexity index is 1010. The highest BCUT2D eigenvalue weighted by molar-refractivity contribution is 7.93. The number of carbonyl (C=O) groups excluding carboxylic acids is 1. The highest BCUT2D eigenvalue weighted by Crippen LogP contribution is 2.32. The van der Waals surface area contributed by atoms with Gasteiger partial charge in [-0.1, -0.05) is 17.7 Å². The van der Waals surface area contributed by atoms with E-state index in [2.05, 4.69) is 5.32 Å². The van der Waals surface area contributed by atoms with Gasteiger partial charge >= 0.3 is 21.7 Å². The van der Waals surface area contributed by atoms with Gasteiger partial charge in [0, 0.05) is 11.3 Å². The fourth-order valence-corrected chi connectivity index (χ4v) is 2.79. The van der Waals surface area contributed by atoms with Crippen LogP contribution >= 0.6 is 11.6 Å². The number of amides is 1. The Morgan fingerprint density at radius 2 is 1.61 bits per heavy atom. The smallest absolute Gasteiger partial charge is 0.322 e. The van der Waals surface area contributed by atoms with E-state index in [1.165, 1.54) is 4.72 Å². The summed E-state index contributed by atoms with van der Waals surface area (Å²) in [6.07, 6.45) is -4.66. The van der Waals surface area contributed by atoms with E-state index in [1.807, 2.05) is 0 Å². The first-order chi connectivity index (χ1) is 12.7. The number of alkyl halides is 6. The van der Waals surface area contributed by atoms with Crippen LogP contribution in [0.1, 0.15) is 15.9 Å². The van der Waals surface area contributed by atoms with Crippen molar-refractivity contribution in [2.75, 3.05) is 10.0 Å². The zero-order valence-corrected chi connectivity index (χ0v) is 14.9. The zero-order valence-electron chi connectivity index (χ0n) is 13.3.